The molecule has 25 heavy (non-hydrogen) atoms. The Morgan fingerprint density at radius 3 is 2.44 bits per heavy atom. The third kappa shape index (κ3) is 4.91. The number of hydrogen-bond acceptors (Lipinski definition) is 3. The second-order valence-corrected chi connectivity index (χ2v) is 5.91. The molecule has 0 aliphatic heterocycles. The van der Waals surface area contributed by atoms with Gasteiger partial charge in [-0.2, -0.15) is 5.10 Å². The molecule has 0 saturated carbocycles. The number of aromatic nitrogens is 3. The lowest BCUT2D eigenvalue weighted by atomic mass is 10.1. The summed E-state index contributed by atoms with van der Waals surface area (Å²) in [5.74, 6) is 0. The molecular weight excluding hydrogens is 314 g/mol. The molecular formula is C19H21N5O. The smallest absolute Gasteiger partial charge is 0.317 e. The maximum atomic E-state index is 12.2. The minimum absolute atomic E-state index is 0.0875. The first-order valence-corrected chi connectivity index (χ1v) is 8.14. The van der Waals surface area contributed by atoms with Crippen molar-refractivity contribution in [2.75, 3.05) is 7.05 Å². The van der Waals surface area contributed by atoms with Crippen molar-refractivity contribution in [3.8, 4) is 0 Å². The Morgan fingerprint density at radius 1 is 1.04 bits per heavy atom. The van der Waals surface area contributed by atoms with E-state index in [1.54, 1.807) is 23.0 Å². The number of carbonyl (C=O) groups excluding carboxylic acids is 1. The Hall–Kier alpha value is -3.15. The summed E-state index contributed by atoms with van der Waals surface area (Å²) in [5.41, 5.74) is 3.31. The van der Waals surface area contributed by atoms with Gasteiger partial charge in [-0.05, 0) is 16.7 Å². The van der Waals surface area contributed by atoms with E-state index in [1.807, 2.05) is 54.6 Å². The second kappa shape index (κ2) is 8.10. The zero-order valence-corrected chi connectivity index (χ0v) is 14.2. The van der Waals surface area contributed by atoms with Crippen molar-refractivity contribution in [2.24, 2.45) is 0 Å². The molecule has 0 aliphatic carbocycles. The van der Waals surface area contributed by atoms with Gasteiger partial charge in [0.05, 0.1) is 6.54 Å². The van der Waals surface area contributed by atoms with Gasteiger partial charge in [-0.25, -0.2) is 14.5 Å². The molecule has 1 heterocycles. The molecule has 6 heteroatoms. The third-order valence-electron chi connectivity index (χ3n) is 3.89. The Kier molecular flexibility index (Phi) is 5.41. The lowest BCUT2D eigenvalue weighted by Gasteiger charge is -2.18. The first-order chi connectivity index (χ1) is 12.2. The normalized spacial score (nSPS) is 10.4. The highest BCUT2D eigenvalue weighted by Crippen LogP contribution is 2.07. The van der Waals surface area contributed by atoms with Crippen LogP contribution in [0.3, 0.4) is 0 Å². The number of amides is 2. The molecule has 0 radical (unpaired) electrons. The molecule has 6 nitrogen and oxygen atoms in total. The van der Waals surface area contributed by atoms with Crippen LogP contribution in [0.5, 0.6) is 0 Å². The van der Waals surface area contributed by atoms with Crippen molar-refractivity contribution in [3.63, 3.8) is 0 Å². The highest BCUT2D eigenvalue weighted by molar-refractivity contribution is 5.73. The van der Waals surface area contributed by atoms with E-state index in [-0.39, 0.29) is 6.03 Å². The summed E-state index contributed by atoms with van der Waals surface area (Å²) in [6.45, 7) is 1.78. The molecule has 3 aromatic rings. The number of rotatable bonds is 6. The molecule has 0 spiro atoms. The highest BCUT2D eigenvalue weighted by atomic mass is 16.2. The number of urea groups is 1. The van der Waals surface area contributed by atoms with Gasteiger partial charge in [0, 0.05) is 20.1 Å². The van der Waals surface area contributed by atoms with Gasteiger partial charge in [-0.15, -0.1) is 0 Å². The van der Waals surface area contributed by atoms with Crippen LogP contribution in [0, 0.1) is 0 Å². The zero-order valence-electron chi connectivity index (χ0n) is 14.2. The molecule has 2 amide bonds. The summed E-state index contributed by atoms with van der Waals surface area (Å²) < 4.78 is 1.77. The monoisotopic (exact) mass is 335 g/mol. The molecule has 3 rings (SSSR count). The van der Waals surface area contributed by atoms with Gasteiger partial charge in [0.25, 0.3) is 0 Å². The maximum Gasteiger partial charge on any atom is 0.317 e. The first kappa shape index (κ1) is 16.7. The van der Waals surface area contributed by atoms with Crippen LogP contribution in [-0.4, -0.2) is 32.7 Å². The fourth-order valence-electron chi connectivity index (χ4n) is 2.51. The summed E-state index contributed by atoms with van der Waals surface area (Å²) in [4.78, 5) is 17.8. The van der Waals surface area contributed by atoms with Crippen molar-refractivity contribution < 1.29 is 4.79 Å². The van der Waals surface area contributed by atoms with Crippen molar-refractivity contribution in [3.05, 3.63) is 83.9 Å². The summed E-state index contributed by atoms with van der Waals surface area (Å²) in [7, 11) is 1.80. The third-order valence-corrected chi connectivity index (χ3v) is 3.89. The van der Waals surface area contributed by atoms with Gasteiger partial charge in [0.15, 0.2) is 0 Å². The summed E-state index contributed by atoms with van der Waals surface area (Å²) in [6.07, 6.45) is 3.21. The SMILES string of the molecule is CN(Cc1ccccc1)C(=O)NCc1ccc(Cn2cncn2)cc1. The summed E-state index contributed by atoms with van der Waals surface area (Å²) >= 11 is 0. The standard InChI is InChI=1S/C19H21N5O/c1-23(12-17-5-3-2-4-6-17)19(25)21-11-16-7-9-18(10-8-16)13-24-15-20-14-22-24/h2-10,14-15H,11-13H2,1H3,(H,21,25). The summed E-state index contributed by atoms with van der Waals surface area (Å²) in [6, 6.07) is 18.0. The second-order valence-electron chi connectivity index (χ2n) is 5.91. The average Bonchev–Trinajstić information content (AvgIpc) is 3.14. The van der Waals surface area contributed by atoms with Crippen LogP contribution >= 0.6 is 0 Å². The molecule has 0 bridgehead atoms. The topological polar surface area (TPSA) is 63.1 Å². The molecule has 1 aromatic heterocycles. The van der Waals surface area contributed by atoms with Crippen LogP contribution in [0.15, 0.2) is 67.3 Å². The van der Waals surface area contributed by atoms with E-state index in [9.17, 15) is 4.79 Å². The van der Waals surface area contributed by atoms with E-state index < -0.39 is 0 Å². The molecule has 0 saturated heterocycles. The molecule has 0 aliphatic rings. The number of benzene rings is 2. The van der Waals surface area contributed by atoms with Crippen LogP contribution in [0.1, 0.15) is 16.7 Å². The van der Waals surface area contributed by atoms with Crippen LogP contribution in [0.4, 0.5) is 4.79 Å². The highest BCUT2D eigenvalue weighted by Gasteiger charge is 2.08. The Bertz CT molecular complexity index is 784. The van der Waals surface area contributed by atoms with Crippen LogP contribution < -0.4 is 5.32 Å². The molecule has 0 fully saturated rings. The van der Waals surface area contributed by atoms with Crippen LogP contribution in [-0.2, 0) is 19.6 Å². The molecule has 2 aromatic carbocycles. The molecule has 128 valence electrons. The van der Waals surface area contributed by atoms with Gasteiger partial charge >= 0.3 is 6.03 Å². The van der Waals surface area contributed by atoms with E-state index in [0.29, 0.717) is 19.6 Å². The fourth-order valence-corrected chi connectivity index (χ4v) is 2.51. The van der Waals surface area contributed by atoms with E-state index in [0.717, 1.165) is 16.7 Å². The van der Waals surface area contributed by atoms with Gasteiger partial charge in [-0.1, -0.05) is 54.6 Å². The first-order valence-electron chi connectivity index (χ1n) is 8.14. The number of nitrogens with one attached hydrogen (secondary N) is 1. The maximum absolute atomic E-state index is 12.2. The van der Waals surface area contributed by atoms with Crippen molar-refractivity contribution >= 4 is 6.03 Å². The van der Waals surface area contributed by atoms with Gasteiger partial charge in [-0.3, -0.25) is 0 Å². The van der Waals surface area contributed by atoms with Crippen LogP contribution in [0.25, 0.3) is 0 Å². The van der Waals surface area contributed by atoms with Gasteiger partial charge < -0.3 is 10.2 Å². The Morgan fingerprint density at radius 2 is 1.76 bits per heavy atom. The minimum Gasteiger partial charge on any atom is -0.334 e. The van der Waals surface area contributed by atoms with E-state index in [4.69, 9.17) is 0 Å². The van der Waals surface area contributed by atoms with Crippen molar-refractivity contribution in [1.82, 2.24) is 25.0 Å². The van der Waals surface area contributed by atoms with Gasteiger partial charge in [0.2, 0.25) is 0 Å². The van der Waals surface area contributed by atoms with E-state index in [1.165, 1.54) is 6.33 Å². The van der Waals surface area contributed by atoms with Crippen molar-refractivity contribution in [1.29, 1.82) is 0 Å². The van der Waals surface area contributed by atoms with E-state index >= 15 is 0 Å². The lowest BCUT2D eigenvalue weighted by molar-refractivity contribution is 0.206. The number of hydrogen-bond donors (Lipinski definition) is 1. The fraction of sp³-hybridized carbons (Fsp3) is 0.211. The average molecular weight is 335 g/mol. The summed E-state index contributed by atoms with van der Waals surface area (Å²) in [5, 5.41) is 7.03. The van der Waals surface area contributed by atoms with E-state index in [2.05, 4.69) is 15.4 Å². The largest absolute Gasteiger partial charge is 0.334 e. The number of carbonyl (C=O) groups is 1. The zero-order chi connectivity index (χ0) is 17.5. The quantitative estimate of drug-likeness (QED) is 0.753. The Labute approximate surface area is 147 Å². The van der Waals surface area contributed by atoms with Gasteiger partial charge in [0.1, 0.15) is 12.7 Å². The minimum atomic E-state index is -0.0875. The Balaban J connectivity index is 1.48. The predicted octanol–water partition coefficient (Wildman–Crippen LogP) is 2.67. The van der Waals surface area contributed by atoms with Crippen molar-refractivity contribution in [2.45, 2.75) is 19.6 Å². The molecule has 1 N–H and O–H groups in total. The molecule has 0 unspecified atom stereocenters. The molecule has 0 atom stereocenters. The van der Waals surface area contributed by atoms with Crippen LogP contribution in [0.2, 0.25) is 0 Å². The predicted molar refractivity (Wildman–Crippen MR) is 95.7 cm³/mol. The lowest BCUT2D eigenvalue weighted by Crippen LogP contribution is -2.36. The number of nitrogens with zero attached hydrogens (tertiary/aromatic N) is 4.